The van der Waals surface area contributed by atoms with Crippen molar-refractivity contribution in [2.75, 3.05) is 18.4 Å². The number of alkyl halides is 1. The van der Waals surface area contributed by atoms with Gasteiger partial charge in [-0.05, 0) is 43.7 Å². The van der Waals surface area contributed by atoms with E-state index in [0.29, 0.717) is 0 Å². The van der Waals surface area contributed by atoms with Crippen LogP contribution in [-0.2, 0) is 6.54 Å². The number of rotatable bonds is 5. The van der Waals surface area contributed by atoms with Crippen molar-refractivity contribution in [3.05, 3.63) is 35.9 Å². The maximum absolute atomic E-state index is 3.53. The molecule has 0 radical (unpaired) electrons. The molecule has 1 aromatic rings. The van der Waals surface area contributed by atoms with E-state index in [1.165, 1.54) is 44.3 Å². The number of nitrogens with zero attached hydrogens (tertiary/aromatic N) is 1. The molecule has 1 aliphatic heterocycles. The zero-order chi connectivity index (χ0) is 11.9. The zero-order valence-corrected chi connectivity index (χ0v) is 12.0. The molecule has 0 N–H and O–H groups in total. The fraction of sp³-hybridized carbons (Fsp3) is 0.600. The van der Waals surface area contributed by atoms with Crippen molar-refractivity contribution < 1.29 is 0 Å². The normalized spacial score (nSPS) is 21.6. The molecule has 0 aromatic heterocycles. The van der Waals surface area contributed by atoms with E-state index in [-0.39, 0.29) is 0 Å². The first-order valence-electron chi connectivity index (χ1n) is 6.70. The van der Waals surface area contributed by atoms with Crippen LogP contribution in [0.3, 0.4) is 0 Å². The molecule has 0 aliphatic carbocycles. The number of likely N-dealkylation sites (tertiary alicyclic amines) is 1. The van der Waals surface area contributed by atoms with Crippen molar-refractivity contribution in [3.8, 4) is 0 Å². The van der Waals surface area contributed by atoms with Gasteiger partial charge in [-0.3, -0.25) is 4.90 Å². The molecule has 94 valence electrons. The van der Waals surface area contributed by atoms with Crippen molar-refractivity contribution in [3.63, 3.8) is 0 Å². The second-order valence-electron chi connectivity index (χ2n) is 5.06. The van der Waals surface area contributed by atoms with Crippen LogP contribution in [0.15, 0.2) is 30.3 Å². The monoisotopic (exact) mass is 295 g/mol. The van der Waals surface area contributed by atoms with Crippen molar-refractivity contribution in [1.82, 2.24) is 4.90 Å². The third-order valence-corrected chi connectivity index (χ3v) is 4.16. The lowest BCUT2D eigenvalue weighted by molar-refractivity contribution is 0.161. The highest BCUT2D eigenvalue weighted by molar-refractivity contribution is 9.09. The molecule has 1 atom stereocenters. The summed E-state index contributed by atoms with van der Waals surface area (Å²) < 4.78 is 0. The van der Waals surface area contributed by atoms with Crippen molar-refractivity contribution >= 4 is 15.9 Å². The molecule has 17 heavy (non-hydrogen) atoms. The van der Waals surface area contributed by atoms with E-state index in [4.69, 9.17) is 0 Å². The Hall–Kier alpha value is -0.340. The Bertz CT molecular complexity index is 312. The van der Waals surface area contributed by atoms with Crippen molar-refractivity contribution in [2.45, 2.75) is 32.2 Å². The third kappa shape index (κ3) is 4.44. The molecule has 1 nitrogen and oxygen atoms in total. The van der Waals surface area contributed by atoms with Gasteiger partial charge in [0.15, 0.2) is 0 Å². The van der Waals surface area contributed by atoms with Crippen LogP contribution in [0.2, 0.25) is 0 Å². The van der Waals surface area contributed by atoms with Crippen LogP contribution < -0.4 is 0 Å². The first-order valence-corrected chi connectivity index (χ1v) is 7.83. The second kappa shape index (κ2) is 7.17. The molecular weight excluding hydrogens is 274 g/mol. The molecule has 0 bridgehead atoms. The molecule has 2 heteroatoms. The number of hydrogen-bond acceptors (Lipinski definition) is 1. The van der Waals surface area contributed by atoms with Gasteiger partial charge in [-0.1, -0.05) is 46.3 Å². The summed E-state index contributed by atoms with van der Waals surface area (Å²) in [5.74, 6) is 0.921. The summed E-state index contributed by atoms with van der Waals surface area (Å²) in [5, 5.41) is 1.15. The lowest BCUT2D eigenvalue weighted by Gasteiger charge is -2.32. The fourth-order valence-corrected chi connectivity index (χ4v) is 3.06. The van der Waals surface area contributed by atoms with Crippen LogP contribution in [0.5, 0.6) is 0 Å². The number of halogens is 1. The summed E-state index contributed by atoms with van der Waals surface area (Å²) in [5.41, 5.74) is 1.45. The average molecular weight is 296 g/mol. The van der Waals surface area contributed by atoms with Gasteiger partial charge in [-0.15, -0.1) is 0 Å². The molecule has 0 amide bonds. The summed E-state index contributed by atoms with van der Waals surface area (Å²) in [4.78, 5) is 2.62. The highest BCUT2D eigenvalue weighted by Crippen LogP contribution is 2.22. The lowest BCUT2D eigenvalue weighted by atomic mass is 9.93. The first kappa shape index (κ1) is 13.1. The molecule has 1 aromatic carbocycles. The third-order valence-electron chi connectivity index (χ3n) is 3.60. The minimum Gasteiger partial charge on any atom is -0.299 e. The van der Waals surface area contributed by atoms with Gasteiger partial charge in [0.25, 0.3) is 0 Å². The number of hydrogen-bond donors (Lipinski definition) is 0. The highest BCUT2D eigenvalue weighted by Gasteiger charge is 2.19. The summed E-state index contributed by atoms with van der Waals surface area (Å²) in [6, 6.07) is 10.9. The number of piperidine rings is 1. The summed E-state index contributed by atoms with van der Waals surface area (Å²) in [6.07, 6.45) is 5.51. The van der Waals surface area contributed by atoms with Crippen molar-refractivity contribution in [1.29, 1.82) is 0 Å². The van der Waals surface area contributed by atoms with Gasteiger partial charge >= 0.3 is 0 Å². The first-order chi connectivity index (χ1) is 8.38. The molecule has 1 fully saturated rings. The predicted octanol–water partition coefficient (Wildman–Crippen LogP) is 4.07. The minimum absolute atomic E-state index is 0.921. The molecule has 0 saturated carbocycles. The molecular formula is C15H22BrN. The van der Waals surface area contributed by atoms with Crippen LogP contribution in [0.1, 0.15) is 31.2 Å². The quantitative estimate of drug-likeness (QED) is 0.740. The molecule has 1 saturated heterocycles. The van der Waals surface area contributed by atoms with Crippen LogP contribution in [0.4, 0.5) is 0 Å². The SMILES string of the molecule is BrCCCC1CCCN(Cc2ccccc2)C1. The largest absolute Gasteiger partial charge is 0.299 e. The van der Waals surface area contributed by atoms with Crippen LogP contribution in [-0.4, -0.2) is 23.3 Å². The summed E-state index contributed by atoms with van der Waals surface area (Å²) in [7, 11) is 0. The molecule has 1 unspecified atom stereocenters. The van der Waals surface area contributed by atoms with Gasteiger partial charge in [0.1, 0.15) is 0 Å². The molecule has 0 spiro atoms. The number of benzene rings is 1. The van der Waals surface area contributed by atoms with Crippen LogP contribution >= 0.6 is 15.9 Å². The smallest absolute Gasteiger partial charge is 0.0233 e. The van der Waals surface area contributed by atoms with E-state index in [0.717, 1.165) is 17.8 Å². The maximum atomic E-state index is 3.53. The van der Waals surface area contributed by atoms with Gasteiger partial charge < -0.3 is 0 Å². The van der Waals surface area contributed by atoms with E-state index < -0.39 is 0 Å². The minimum atomic E-state index is 0.921. The molecule has 1 aliphatic rings. The molecule has 1 heterocycles. The highest BCUT2D eigenvalue weighted by atomic mass is 79.9. The Morgan fingerprint density at radius 2 is 2.06 bits per heavy atom. The second-order valence-corrected chi connectivity index (χ2v) is 5.85. The Kier molecular flexibility index (Phi) is 5.53. The lowest BCUT2D eigenvalue weighted by Crippen LogP contribution is -2.34. The van der Waals surface area contributed by atoms with Crippen LogP contribution in [0.25, 0.3) is 0 Å². The van der Waals surface area contributed by atoms with Crippen LogP contribution in [0, 0.1) is 5.92 Å². The van der Waals surface area contributed by atoms with Gasteiger partial charge in [-0.2, -0.15) is 0 Å². The predicted molar refractivity (Wildman–Crippen MR) is 77.5 cm³/mol. The Morgan fingerprint density at radius 1 is 1.24 bits per heavy atom. The summed E-state index contributed by atoms with van der Waals surface area (Å²) in [6.45, 7) is 3.70. The zero-order valence-electron chi connectivity index (χ0n) is 10.4. The van der Waals surface area contributed by atoms with E-state index in [1.807, 2.05) is 0 Å². The van der Waals surface area contributed by atoms with Gasteiger partial charge in [-0.25, -0.2) is 0 Å². The van der Waals surface area contributed by atoms with Crippen molar-refractivity contribution in [2.24, 2.45) is 5.92 Å². The average Bonchev–Trinajstić information content (AvgIpc) is 2.38. The van der Waals surface area contributed by atoms with Gasteiger partial charge in [0.05, 0.1) is 0 Å². The topological polar surface area (TPSA) is 3.24 Å². The maximum Gasteiger partial charge on any atom is 0.0233 e. The Labute approximate surface area is 113 Å². The Morgan fingerprint density at radius 3 is 2.82 bits per heavy atom. The summed E-state index contributed by atoms with van der Waals surface area (Å²) >= 11 is 3.53. The van der Waals surface area contributed by atoms with E-state index >= 15 is 0 Å². The van der Waals surface area contributed by atoms with E-state index in [1.54, 1.807) is 0 Å². The fourth-order valence-electron chi connectivity index (χ4n) is 2.74. The standard InChI is InChI=1S/C15H22BrN/c16-10-4-8-15-9-5-11-17(13-15)12-14-6-2-1-3-7-14/h1-3,6-7,15H,4-5,8-13H2. The van der Waals surface area contributed by atoms with Gasteiger partial charge in [0.2, 0.25) is 0 Å². The van der Waals surface area contributed by atoms with E-state index in [2.05, 4.69) is 51.2 Å². The van der Waals surface area contributed by atoms with E-state index in [9.17, 15) is 0 Å². The van der Waals surface area contributed by atoms with Gasteiger partial charge in [0, 0.05) is 18.4 Å². The Balaban J connectivity index is 1.81. The molecule has 2 rings (SSSR count).